The van der Waals surface area contributed by atoms with E-state index in [1.165, 1.54) is 48.5 Å². The quantitative estimate of drug-likeness (QED) is 0.0576. The molecule has 0 bridgehead atoms. The van der Waals surface area contributed by atoms with Crippen molar-refractivity contribution in [1.29, 1.82) is 0 Å². The van der Waals surface area contributed by atoms with E-state index in [1.54, 1.807) is 42.5 Å². The number of aliphatic hydroxyl groups excluding tert-OH is 2. The Morgan fingerprint density at radius 3 is 1.98 bits per heavy atom. The molecule has 0 fully saturated rings. The van der Waals surface area contributed by atoms with Gasteiger partial charge in [-0.25, -0.2) is 4.79 Å². The highest BCUT2D eigenvalue weighted by Crippen LogP contribution is 2.44. The summed E-state index contributed by atoms with van der Waals surface area (Å²) in [6.07, 6.45) is 0. The van der Waals surface area contributed by atoms with Crippen LogP contribution in [0.2, 0.25) is 0 Å². The molecule has 2 amide bonds. The van der Waals surface area contributed by atoms with Gasteiger partial charge in [0.05, 0.1) is 41.2 Å². The number of azo groups is 3. The number of phenolic OH excluding ortho intramolecular Hbond substituents is 2. The van der Waals surface area contributed by atoms with E-state index < -0.39 is 23.8 Å². The molecular weight excluding hydrogens is 779 g/mol. The number of benzene rings is 6. The summed E-state index contributed by atoms with van der Waals surface area (Å²) in [5.74, 6) is -2.81. The number of hydrazone groups is 1. The molecular formula is C41H33N9O10. The van der Waals surface area contributed by atoms with E-state index in [4.69, 9.17) is 15.2 Å². The van der Waals surface area contributed by atoms with Crippen molar-refractivity contribution < 1.29 is 49.4 Å². The van der Waals surface area contributed by atoms with Crippen molar-refractivity contribution in [2.24, 2.45) is 41.5 Å². The second-order valence-electron chi connectivity index (χ2n) is 12.8. The van der Waals surface area contributed by atoms with Gasteiger partial charge >= 0.3 is 5.97 Å². The lowest BCUT2D eigenvalue weighted by atomic mass is 10.1. The van der Waals surface area contributed by atoms with Crippen LogP contribution in [0.25, 0.3) is 21.5 Å². The Morgan fingerprint density at radius 2 is 1.35 bits per heavy atom. The Labute approximate surface area is 338 Å². The number of anilines is 1. The topological polar surface area (TPSA) is 287 Å². The van der Waals surface area contributed by atoms with Gasteiger partial charge in [0, 0.05) is 17.5 Å². The molecule has 1 atom stereocenters. The number of hydrogen-bond acceptors (Lipinski definition) is 16. The molecule has 7 rings (SSSR count). The molecule has 0 aromatic heterocycles. The molecule has 6 aromatic rings. The molecule has 1 unspecified atom stereocenters. The van der Waals surface area contributed by atoms with Crippen molar-refractivity contribution in [2.45, 2.75) is 6.04 Å². The van der Waals surface area contributed by atoms with E-state index in [0.717, 1.165) is 10.4 Å². The summed E-state index contributed by atoms with van der Waals surface area (Å²) in [7, 11) is 0. The van der Waals surface area contributed by atoms with E-state index in [9.17, 15) is 39.9 Å². The monoisotopic (exact) mass is 811 g/mol. The third-order valence-corrected chi connectivity index (χ3v) is 8.89. The Bertz CT molecular complexity index is 2770. The molecule has 7 N–H and O–H groups in total. The van der Waals surface area contributed by atoms with Gasteiger partial charge in [-0.15, -0.1) is 20.5 Å². The normalized spacial score (nSPS) is 14.2. The van der Waals surface area contributed by atoms with Gasteiger partial charge in [-0.1, -0.05) is 30.3 Å². The van der Waals surface area contributed by atoms with Crippen LogP contribution >= 0.6 is 0 Å². The lowest BCUT2D eigenvalue weighted by Crippen LogP contribution is -2.35. The van der Waals surface area contributed by atoms with Gasteiger partial charge in [-0.3, -0.25) is 9.59 Å². The average molecular weight is 812 g/mol. The largest absolute Gasteiger partial charge is 0.507 e. The first-order valence-electron chi connectivity index (χ1n) is 18.0. The number of aliphatic hydroxyl groups is 2. The van der Waals surface area contributed by atoms with Crippen LogP contribution in [0.5, 0.6) is 23.0 Å². The Balaban J connectivity index is 1.15. The van der Waals surface area contributed by atoms with Gasteiger partial charge in [0.2, 0.25) is 6.04 Å². The second kappa shape index (κ2) is 17.5. The molecule has 1 aliphatic heterocycles. The van der Waals surface area contributed by atoms with Crippen LogP contribution in [0, 0.1) is 0 Å². The van der Waals surface area contributed by atoms with Crippen LogP contribution in [0.3, 0.4) is 0 Å². The van der Waals surface area contributed by atoms with Crippen LogP contribution in [0.1, 0.15) is 10.4 Å². The van der Waals surface area contributed by atoms with Gasteiger partial charge in [-0.05, 0) is 71.4 Å². The molecule has 0 spiro atoms. The van der Waals surface area contributed by atoms with E-state index in [-0.39, 0.29) is 89.1 Å². The summed E-state index contributed by atoms with van der Waals surface area (Å²) in [6.45, 7) is -0.843. The van der Waals surface area contributed by atoms with E-state index in [0.29, 0.717) is 21.8 Å². The molecule has 1 aliphatic rings. The third-order valence-electron chi connectivity index (χ3n) is 8.89. The summed E-state index contributed by atoms with van der Waals surface area (Å²) in [4.78, 5) is 36.6. The zero-order chi connectivity index (χ0) is 42.3. The number of carbonyl (C=O) groups is 3. The number of amides is 2. The molecule has 0 saturated heterocycles. The van der Waals surface area contributed by atoms with Crippen LogP contribution in [0.15, 0.2) is 139 Å². The van der Waals surface area contributed by atoms with Crippen LogP contribution in [-0.2, 0) is 9.59 Å². The maximum atomic E-state index is 13.2. The van der Waals surface area contributed by atoms with Gasteiger partial charge in [-0.2, -0.15) is 20.3 Å². The van der Waals surface area contributed by atoms with Gasteiger partial charge in [0.15, 0.2) is 11.5 Å². The van der Waals surface area contributed by atoms with E-state index in [1.807, 2.05) is 12.1 Å². The number of phenols is 2. The predicted octanol–water partition coefficient (Wildman–Crippen LogP) is 7.02. The molecule has 0 radical (unpaired) electrons. The molecule has 0 saturated carbocycles. The third kappa shape index (κ3) is 8.42. The second-order valence-corrected chi connectivity index (χ2v) is 12.8. The van der Waals surface area contributed by atoms with Crippen molar-refractivity contribution in [3.63, 3.8) is 0 Å². The molecule has 0 aliphatic carbocycles. The van der Waals surface area contributed by atoms with E-state index >= 15 is 0 Å². The Morgan fingerprint density at radius 1 is 0.717 bits per heavy atom. The fourth-order valence-corrected chi connectivity index (χ4v) is 6.06. The number of nitrogens with zero attached hydrogens (tertiary/aromatic N) is 8. The van der Waals surface area contributed by atoms with Crippen molar-refractivity contribution >= 4 is 79.2 Å². The van der Waals surface area contributed by atoms with Gasteiger partial charge in [0.25, 0.3) is 11.8 Å². The number of carboxylic acid groups (broad SMARTS) is 1. The van der Waals surface area contributed by atoms with Crippen LogP contribution < -0.4 is 20.2 Å². The number of rotatable bonds is 15. The van der Waals surface area contributed by atoms with Gasteiger partial charge in [0.1, 0.15) is 47.5 Å². The number of carbonyl (C=O) groups excluding carboxylic acids is 2. The molecule has 6 aromatic carbocycles. The van der Waals surface area contributed by atoms with Crippen molar-refractivity contribution in [2.75, 3.05) is 31.4 Å². The van der Waals surface area contributed by atoms with E-state index in [2.05, 4.69) is 35.8 Å². The highest BCUT2D eigenvalue weighted by atomic mass is 16.5. The first-order chi connectivity index (χ1) is 29.1. The number of ether oxygens (including phenoxy) is 2. The number of primary amides is 1. The zero-order valence-corrected chi connectivity index (χ0v) is 31.2. The zero-order valence-electron chi connectivity index (χ0n) is 31.2. The molecule has 302 valence electrons. The molecule has 19 nitrogen and oxygen atoms in total. The maximum Gasteiger partial charge on any atom is 0.335 e. The standard InChI is InChI=1S/C41H33N9O10/c42-39(55)36-37(40(56)50(49-36)26-11-7-23(8-12-26)41(57)58)48-43-25-10-13-27-24(19-25)9-14-29(38(27)54)45-47-31-21-33(59-17-15-51)30(20-34(31)60-18-16-52)46-44-28-5-1-3-22-4-2-6-32(53)35(22)28/h1-14,19-21,37,51-54H,15-18H2,(H2,42,55)(H,57,58)/b46-44+,47-45+,48-43+. The summed E-state index contributed by atoms with van der Waals surface area (Å²) in [5.41, 5.74) is 6.32. The average Bonchev–Trinajstić information content (AvgIpc) is 3.59. The first kappa shape index (κ1) is 40.1. The summed E-state index contributed by atoms with van der Waals surface area (Å²) in [6, 6.07) is 24.8. The summed E-state index contributed by atoms with van der Waals surface area (Å²) < 4.78 is 11.5. The number of nitrogens with two attached hydrogens (primary N) is 1. The van der Waals surface area contributed by atoms with Crippen LogP contribution in [0.4, 0.5) is 34.1 Å². The number of fused-ring (bicyclic) bond motifs is 2. The lowest BCUT2D eigenvalue weighted by Gasteiger charge is -2.13. The predicted molar refractivity (Wildman–Crippen MR) is 217 cm³/mol. The first-order valence-corrected chi connectivity index (χ1v) is 18.0. The fraction of sp³-hybridized carbons (Fsp3) is 0.122. The van der Waals surface area contributed by atoms with Crippen LogP contribution in [-0.4, -0.2) is 81.5 Å². The molecule has 60 heavy (non-hydrogen) atoms. The minimum Gasteiger partial charge on any atom is -0.507 e. The van der Waals surface area contributed by atoms with Crippen molar-refractivity contribution in [3.8, 4) is 23.0 Å². The number of aromatic hydroxyl groups is 2. The lowest BCUT2D eigenvalue weighted by molar-refractivity contribution is -0.118. The Hall–Kier alpha value is -8.16. The summed E-state index contributed by atoms with van der Waals surface area (Å²) in [5, 5.41) is 82.4. The van der Waals surface area contributed by atoms with Crippen molar-refractivity contribution in [1.82, 2.24) is 0 Å². The summed E-state index contributed by atoms with van der Waals surface area (Å²) >= 11 is 0. The number of hydrogen-bond donors (Lipinski definition) is 6. The minimum absolute atomic E-state index is 0.0120. The fourth-order valence-electron chi connectivity index (χ4n) is 6.06. The SMILES string of the molecule is NC(=O)C1=NN(c2ccc(C(=O)O)cc2)C(=O)C1/N=N/c1ccc2c(O)c(/N=N/c3cc(OCCO)c(/N=N/c4cccc5cccc(O)c45)cc3OCCO)ccc2c1. The highest BCUT2D eigenvalue weighted by Gasteiger charge is 2.40. The number of carboxylic acids is 1. The maximum absolute atomic E-state index is 13.2. The highest BCUT2D eigenvalue weighted by molar-refractivity contribution is 6.47. The molecule has 19 heteroatoms. The minimum atomic E-state index is -1.47. The van der Waals surface area contributed by atoms with Crippen molar-refractivity contribution in [3.05, 3.63) is 109 Å². The number of aromatic carboxylic acids is 1. The molecule has 1 heterocycles. The van der Waals surface area contributed by atoms with Gasteiger partial charge < -0.3 is 40.7 Å². The Kier molecular flexibility index (Phi) is 11.7. The smallest absolute Gasteiger partial charge is 0.335 e.